The lowest BCUT2D eigenvalue weighted by atomic mass is 9.87. The van der Waals surface area contributed by atoms with E-state index in [1.54, 1.807) is 13.2 Å². The fourth-order valence-electron chi connectivity index (χ4n) is 3.38. The minimum Gasteiger partial charge on any atom is -0.497 e. The van der Waals surface area contributed by atoms with Crippen LogP contribution in [0, 0.1) is 5.41 Å². The highest BCUT2D eigenvalue weighted by atomic mass is 35.5. The molecule has 0 fully saturated rings. The van der Waals surface area contributed by atoms with Crippen LogP contribution >= 0.6 is 11.6 Å². The summed E-state index contributed by atoms with van der Waals surface area (Å²) in [6, 6.07) is 11.7. The number of halogens is 1. The van der Waals surface area contributed by atoms with Gasteiger partial charge in [0.25, 0.3) is 0 Å². The van der Waals surface area contributed by atoms with Crippen LogP contribution in [0.25, 0.3) is 11.1 Å². The fraction of sp³-hybridized carbons (Fsp3) is 0.316. The number of ether oxygens (including phenoxy) is 2. The Labute approximate surface area is 146 Å². The Balaban J connectivity index is 2.00. The summed E-state index contributed by atoms with van der Waals surface area (Å²) in [5.74, 6) is 0.723. The molecular weight excluding hydrogens is 326 g/mol. The zero-order valence-electron chi connectivity index (χ0n) is 13.9. The summed E-state index contributed by atoms with van der Waals surface area (Å²) in [6.07, 6.45) is -0.268. The number of fused-ring (bicyclic) bond motifs is 1. The highest BCUT2D eigenvalue weighted by Gasteiger charge is 2.41. The zero-order valence-corrected chi connectivity index (χ0v) is 14.7. The van der Waals surface area contributed by atoms with Crippen LogP contribution in [0.1, 0.15) is 31.1 Å². The number of benzene rings is 2. The van der Waals surface area contributed by atoms with Crippen molar-refractivity contribution in [1.82, 2.24) is 0 Å². The van der Waals surface area contributed by atoms with Gasteiger partial charge in [0.1, 0.15) is 11.9 Å². The van der Waals surface area contributed by atoms with Gasteiger partial charge >= 0.3 is 6.09 Å². The fourth-order valence-corrected chi connectivity index (χ4v) is 3.66. The third-order valence-electron chi connectivity index (χ3n) is 4.50. The number of methoxy groups -OCH3 is 1. The largest absolute Gasteiger partial charge is 0.497 e. The van der Waals surface area contributed by atoms with Crippen molar-refractivity contribution in [3.8, 4) is 16.9 Å². The summed E-state index contributed by atoms with van der Waals surface area (Å²) < 4.78 is 10.5. The molecule has 3 rings (SSSR count). The molecule has 0 saturated heterocycles. The molecule has 1 amide bonds. The highest BCUT2D eigenvalue weighted by Crippen LogP contribution is 2.48. The average Bonchev–Trinajstić information content (AvgIpc) is 2.76. The number of carbonyl (C=O) groups excluding carboxylic acids is 1. The molecule has 126 valence electrons. The summed E-state index contributed by atoms with van der Waals surface area (Å²) >= 11 is 6.38. The Hall–Kier alpha value is -2.20. The van der Waals surface area contributed by atoms with Crippen LogP contribution in [0.4, 0.5) is 4.79 Å². The minimum atomic E-state index is -0.747. The van der Waals surface area contributed by atoms with E-state index in [2.05, 4.69) is 19.9 Å². The van der Waals surface area contributed by atoms with Crippen molar-refractivity contribution in [2.24, 2.45) is 11.1 Å². The van der Waals surface area contributed by atoms with E-state index < -0.39 is 6.09 Å². The maximum atomic E-state index is 11.2. The first-order valence-electron chi connectivity index (χ1n) is 7.74. The molecule has 0 aliphatic heterocycles. The van der Waals surface area contributed by atoms with Crippen molar-refractivity contribution in [1.29, 1.82) is 0 Å². The number of amides is 1. The Morgan fingerprint density at radius 3 is 2.62 bits per heavy atom. The Kier molecular flexibility index (Phi) is 4.18. The van der Waals surface area contributed by atoms with Gasteiger partial charge < -0.3 is 15.2 Å². The molecule has 2 aromatic carbocycles. The standard InChI is InChI=1S/C19H20ClNO3/c1-19(2)10-12-8-11(4-6-15(12)17(19)24-18(21)22)14-7-5-13(23-3)9-16(14)20/h4-9,17H,10H2,1-3H3,(H2,21,22). The quantitative estimate of drug-likeness (QED) is 0.874. The van der Waals surface area contributed by atoms with Crippen molar-refractivity contribution in [3.05, 3.63) is 52.5 Å². The lowest BCUT2D eigenvalue weighted by Crippen LogP contribution is -2.25. The molecule has 0 heterocycles. The molecule has 1 aliphatic carbocycles. The van der Waals surface area contributed by atoms with E-state index in [-0.39, 0.29) is 11.5 Å². The Morgan fingerprint density at radius 1 is 1.25 bits per heavy atom. The molecule has 0 radical (unpaired) electrons. The van der Waals surface area contributed by atoms with Gasteiger partial charge in [-0.3, -0.25) is 0 Å². The zero-order chi connectivity index (χ0) is 17.5. The van der Waals surface area contributed by atoms with Gasteiger partial charge in [-0.1, -0.05) is 43.6 Å². The van der Waals surface area contributed by atoms with Gasteiger partial charge in [-0.25, -0.2) is 4.79 Å². The van der Waals surface area contributed by atoms with Crippen molar-refractivity contribution in [2.45, 2.75) is 26.4 Å². The number of hydrogen-bond acceptors (Lipinski definition) is 3. The summed E-state index contributed by atoms with van der Waals surface area (Å²) in [5, 5.41) is 0.636. The topological polar surface area (TPSA) is 61.6 Å². The molecular formula is C19H20ClNO3. The van der Waals surface area contributed by atoms with Gasteiger partial charge in [0.2, 0.25) is 0 Å². The monoisotopic (exact) mass is 345 g/mol. The van der Waals surface area contributed by atoms with Crippen LogP contribution in [0.5, 0.6) is 5.75 Å². The molecule has 1 atom stereocenters. The summed E-state index contributed by atoms with van der Waals surface area (Å²) in [6.45, 7) is 4.14. The summed E-state index contributed by atoms with van der Waals surface area (Å²) in [5.41, 5.74) is 9.16. The second kappa shape index (κ2) is 6.02. The molecule has 0 aromatic heterocycles. The van der Waals surface area contributed by atoms with E-state index in [9.17, 15) is 4.79 Å². The normalized spacial score (nSPS) is 18.1. The molecule has 1 unspecified atom stereocenters. The molecule has 5 heteroatoms. The summed E-state index contributed by atoms with van der Waals surface area (Å²) in [7, 11) is 1.61. The predicted molar refractivity (Wildman–Crippen MR) is 94.3 cm³/mol. The maximum absolute atomic E-state index is 11.2. The van der Waals surface area contributed by atoms with E-state index in [0.29, 0.717) is 5.02 Å². The van der Waals surface area contributed by atoms with Crippen molar-refractivity contribution < 1.29 is 14.3 Å². The number of primary amides is 1. The van der Waals surface area contributed by atoms with Gasteiger partial charge in [-0.2, -0.15) is 0 Å². The molecule has 0 saturated carbocycles. The number of nitrogens with two attached hydrogens (primary N) is 1. The lowest BCUT2D eigenvalue weighted by molar-refractivity contribution is 0.0392. The van der Waals surface area contributed by atoms with E-state index in [1.165, 1.54) is 0 Å². The second-order valence-corrected chi connectivity index (χ2v) is 7.15. The highest BCUT2D eigenvalue weighted by molar-refractivity contribution is 6.33. The first-order valence-corrected chi connectivity index (χ1v) is 8.12. The molecule has 0 spiro atoms. The molecule has 1 aliphatic rings. The molecule has 2 aromatic rings. The van der Waals surface area contributed by atoms with Crippen LogP contribution < -0.4 is 10.5 Å². The van der Waals surface area contributed by atoms with E-state index in [4.69, 9.17) is 26.8 Å². The Morgan fingerprint density at radius 2 is 2.00 bits per heavy atom. The molecule has 2 N–H and O–H groups in total. The number of hydrogen-bond donors (Lipinski definition) is 1. The van der Waals surface area contributed by atoms with Gasteiger partial charge in [-0.05, 0) is 41.3 Å². The maximum Gasteiger partial charge on any atom is 0.405 e. The van der Waals surface area contributed by atoms with Crippen LogP contribution in [0.2, 0.25) is 5.02 Å². The minimum absolute atomic E-state index is 0.195. The first kappa shape index (κ1) is 16.7. The average molecular weight is 346 g/mol. The third-order valence-corrected chi connectivity index (χ3v) is 4.82. The van der Waals surface area contributed by atoms with E-state index in [0.717, 1.165) is 34.4 Å². The summed E-state index contributed by atoms with van der Waals surface area (Å²) in [4.78, 5) is 11.2. The van der Waals surface area contributed by atoms with Gasteiger partial charge in [0.05, 0.1) is 12.1 Å². The number of carbonyl (C=O) groups is 1. The number of rotatable bonds is 3. The smallest absolute Gasteiger partial charge is 0.405 e. The second-order valence-electron chi connectivity index (χ2n) is 6.74. The Bertz CT molecular complexity index is 801. The molecule has 4 nitrogen and oxygen atoms in total. The van der Waals surface area contributed by atoms with Crippen LogP contribution in [-0.2, 0) is 11.2 Å². The van der Waals surface area contributed by atoms with E-state index in [1.807, 2.05) is 24.3 Å². The van der Waals surface area contributed by atoms with Crippen LogP contribution in [0.3, 0.4) is 0 Å². The predicted octanol–water partition coefficient (Wildman–Crippen LogP) is 4.73. The van der Waals surface area contributed by atoms with Crippen molar-refractivity contribution in [2.75, 3.05) is 7.11 Å². The third kappa shape index (κ3) is 2.94. The SMILES string of the molecule is COc1ccc(-c2ccc3c(c2)CC(C)(C)C3OC(N)=O)c(Cl)c1. The van der Waals surface area contributed by atoms with E-state index >= 15 is 0 Å². The molecule has 24 heavy (non-hydrogen) atoms. The van der Waals surface area contributed by atoms with Crippen LogP contribution in [-0.4, -0.2) is 13.2 Å². The van der Waals surface area contributed by atoms with Crippen molar-refractivity contribution in [3.63, 3.8) is 0 Å². The van der Waals surface area contributed by atoms with Gasteiger partial charge in [0, 0.05) is 11.0 Å². The van der Waals surface area contributed by atoms with Gasteiger partial charge in [-0.15, -0.1) is 0 Å². The van der Waals surface area contributed by atoms with Crippen LogP contribution in [0.15, 0.2) is 36.4 Å². The molecule has 0 bridgehead atoms. The first-order chi connectivity index (χ1) is 11.3. The van der Waals surface area contributed by atoms with Gasteiger partial charge in [0.15, 0.2) is 0 Å². The van der Waals surface area contributed by atoms with Crippen molar-refractivity contribution >= 4 is 17.7 Å². The lowest BCUT2D eigenvalue weighted by Gasteiger charge is -2.26.